The van der Waals surface area contributed by atoms with Crippen LogP contribution in [-0.2, 0) is 9.22 Å². The van der Waals surface area contributed by atoms with Gasteiger partial charge in [-0.2, -0.15) is 0 Å². The Kier molecular flexibility index (Phi) is 8.77. The Labute approximate surface area is 92.1 Å². The first kappa shape index (κ1) is 13.5. The van der Waals surface area contributed by atoms with Gasteiger partial charge in [-0.05, 0) is 43.1 Å². The fraction of sp³-hybridized carbons (Fsp3) is 0.667. The molecule has 0 aromatic rings. The van der Waals surface area contributed by atoms with Crippen molar-refractivity contribution in [3.8, 4) is 0 Å². The Morgan fingerprint density at radius 1 is 1.57 bits per heavy atom. The summed E-state index contributed by atoms with van der Waals surface area (Å²) in [4.78, 5) is 10.5. The normalized spacial score (nSPS) is 10.4. The van der Waals surface area contributed by atoms with Gasteiger partial charge in [0.25, 0.3) is 0 Å². The molecular formula is C9H16O3SSi. The number of unbranched alkanes of at least 4 members (excludes halogenated alkanes) is 1. The van der Waals surface area contributed by atoms with E-state index in [1.165, 1.54) is 0 Å². The molecule has 0 aliphatic heterocycles. The second-order valence-corrected chi connectivity index (χ2v) is 4.62. The van der Waals surface area contributed by atoms with Crippen LogP contribution in [0, 0.1) is 0 Å². The lowest BCUT2D eigenvalue weighted by molar-refractivity contribution is -0.132. The van der Waals surface area contributed by atoms with Crippen molar-refractivity contribution in [2.75, 3.05) is 6.61 Å². The van der Waals surface area contributed by atoms with Crippen molar-refractivity contribution in [2.24, 2.45) is 0 Å². The van der Waals surface area contributed by atoms with Gasteiger partial charge in [0.1, 0.15) is 0 Å². The van der Waals surface area contributed by atoms with E-state index in [1.54, 1.807) is 0 Å². The Bertz CT molecular complexity index is 224. The maximum atomic E-state index is 10.5. The molecule has 0 radical (unpaired) electrons. The van der Waals surface area contributed by atoms with Gasteiger partial charge in [0.05, 0.1) is 5.57 Å². The van der Waals surface area contributed by atoms with E-state index in [-0.39, 0.29) is 15.3 Å². The highest BCUT2D eigenvalue weighted by molar-refractivity contribution is 7.78. The molecule has 0 saturated carbocycles. The third kappa shape index (κ3) is 6.97. The fourth-order valence-electron chi connectivity index (χ4n) is 1.03. The van der Waals surface area contributed by atoms with Gasteiger partial charge in [-0.1, -0.05) is 6.42 Å². The number of aliphatic carboxylic acids is 1. The predicted molar refractivity (Wildman–Crippen MR) is 62.6 cm³/mol. The first-order valence-electron chi connectivity index (χ1n) is 4.77. The minimum Gasteiger partial charge on any atom is -0.477 e. The lowest BCUT2D eigenvalue weighted by Gasteiger charge is -2.00. The fourth-order valence-corrected chi connectivity index (χ4v) is 2.27. The number of carbonyl (C=O) groups is 1. The number of thiocarbonyl (C=S) groups is 1. The molecule has 0 aromatic heterocycles. The third-order valence-corrected chi connectivity index (χ3v) is 3.53. The summed E-state index contributed by atoms with van der Waals surface area (Å²) >= 11 is 4.49. The van der Waals surface area contributed by atoms with Crippen LogP contribution >= 0.6 is 12.2 Å². The van der Waals surface area contributed by atoms with Gasteiger partial charge in [-0.3, -0.25) is 0 Å². The molecule has 0 aliphatic carbocycles. The van der Waals surface area contributed by atoms with Gasteiger partial charge in [0, 0.05) is 6.61 Å². The van der Waals surface area contributed by atoms with Gasteiger partial charge in [-0.25, -0.2) is 4.79 Å². The van der Waals surface area contributed by atoms with Crippen molar-refractivity contribution in [3.63, 3.8) is 0 Å². The second-order valence-electron chi connectivity index (χ2n) is 2.89. The molecule has 1 N–H and O–H groups in total. The maximum absolute atomic E-state index is 10.5. The molecule has 0 atom stereocenters. The summed E-state index contributed by atoms with van der Waals surface area (Å²) < 4.78 is 5.29. The van der Waals surface area contributed by atoms with Crippen molar-refractivity contribution in [1.82, 2.24) is 0 Å². The van der Waals surface area contributed by atoms with E-state index in [2.05, 4.69) is 17.2 Å². The number of carboxylic acids is 1. The molecule has 3 nitrogen and oxygen atoms in total. The molecule has 0 amide bonds. The molecule has 0 rings (SSSR count). The predicted octanol–water partition coefficient (Wildman–Crippen LogP) is 1.30. The molecule has 0 saturated heterocycles. The third-order valence-electron chi connectivity index (χ3n) is 1.80. The molecule has 80 valence electrons. The van der Waals surface area contributed by atoms with E-state index in [1.807, 2.05) is 6.92 Å². The summed E-state index contributed by atoms with van der Waals surface area (Å²) in [5.41, 5.74) is 0.220. The van der Waals surface area contributed by atoms with Gasteiger partial charge in [0.2, 0.25) is 0 Å². The van der Waals surface area contributed by atoms with Crippen LogP contribution in [0.15, 0.2) is 5.57 Å². The van der Waals surface area contributed by atoms with Crippen LogP contribution in [0.2, 0.25) is 6.04 Å². The number of rotatable bonds is 8. The van der Waals surface area contributed by atoms with E-state index in [9.17, 15) is 4.79 Å². The summed E-state index contributed by atoms with van der Waals surface area (Å²) in [6.45, 7) is 2.79. The van der Waals surface area contributed by atoms with E-state index in [0.29, 0.717) is 6.42 Å². The Balaban J connectivity index is 3.44. The van der Waals surface area contributed by atoms with Gasteiger partial charge in [-0.15, -0.1) is 0 Å². The minimum atomic E-state index is -0.943. The van der Waals surface area contributed by atoms with Gasteiger partial charge in [0.15, 0.2) is 9.76 Å². The van der Waals surface area contributed by atoms with E-state index in [0.717, 1.165) is 25.5 Å². The van der Waals surface area contributed by atoms with Gasteiger partial charge < -0.3 is 9.53 Å². The molecule has 0 fully saturated rings. The van der Waals surface area contributed by atoms with Gasteiger partial charge >= 0.3 is 5.97 Å². The minimum absolute atomic E-state index is 0.220. The van der Waals surface area contributed by atoms with Crippen molar-refractivity contribution in [2.45, 2.75) is 32.2 Å². The first-order chi connectivity index (χ1) is 6.72. The number of hydrogen-bond acceptors (Lipinski definition) is 3. The van der Waals surface area contributed by atoms with Crippen molar-refractivity contribution in [1.29, 1.82) is 0 Å². The number of hydrogen-bond donors (Lipinski definition) is 1. The zero-order chi connectivity index (χ0) is 10.8. The zero-order valence-electron chi connectivity index (χ0n) is 8.41. The Hall–Kier alpha value is -0.483. The smallest absolute Gasteiger partial charge is 0.340 e. The molecule has 0 spiro atoms. The topological polar surface area (TPSA) is 46.5 Å². The van der Waals surface area contributed by atoms with Crippen LogP contribution in [-0.4, -0.2) is 32.5 Å². The van der Waals surface area contributed by atoms with Crippen LogP contribution in [0.5, 0.6) is 0 Å². The average molecular weight is 232 g/mol. The monoisotopic (exact) mass is 232 g/mol. The first-order valence-corrected chi connectivity index (χ1v) is 6.76. The molecule has 0 unspecified atom stereocenters. The molecule has 0 aromatic carbocycles. The van der Waals surface area contributed by atoms with Crippen LogP contribution < -0.4 is 0 Å². The van der Waals surface area contributed by atoms with E-state index < -0.39 is 5.97 Å². The quantitative estimate of drug-likeness (QED) is 0.297. The Morgan fingerprint density at radius 3 is 2.79 bits per heavy atom. The molecule has 14 heavy (non-hydrogen) atoms. The highest BCUT2D eigenvalue weighted by Crippen LogP contribution is 2.06. The van der Waals surface area contributed by atoms with Crippen molar-refractivity contribution < 1.29 is 14.3 Å². The van der Waals surface area contributed by atoms with Crippen LogP contribution in [0.25, 0.3) is 0 Å². The largest absolute Gasteiger partial charge is 0.477 e. The maximum Gasteiger partial charge on any atom is 0.340 e. The molecular weight excluding hydrogens is 216 g/mol. The summed E-state index contributed by atoms with van der Waals surface area (Å²) in [6, 6.07) is 1.11. The standard InChI is InChI=1S/C9H16O3SSi/c1-2-12-14-6-4-3-5-8(7-13)9(10)11/h2-6,14H2,1H3,(H,10,11). The second kappa shape index (κ2) is 9.09. The van der Waals surface area contributed by atoms with Crippen LogP contribution in [0.4, 0.5) is 0 Å². The lowest BCUT2D eigenvalue weighted by atomic mass is 10.1. The lowest BCUT2D eigenvalue weighted by Crippen LogP contribution is -2.01. The molecule has 0 bridgehead atoms. The van der Waals surface area contributed by atoms with Crippen LogP contribution in [0.1, 0.15) is 26.2 Å². The highest BCUT2D eigenvalue weighted by Gasteiger charge is 2.05. The Morgan fingerprint density at radius 2 is 2.29 bits per heavy atom. The summed E-state index contributed by atoms with van der Waals surface area (Å²) in [7, 11) is -0.362. The zero-order valence-corrected chi connectivity index (χ0v) is 10.6. The average Bonchev–Trinajstić information content (AvgIpc) is 2.16. The summed E-state index contributed by atoms with van der Waals surface area (Å²) in [5.74, 6) is -0.943. The molecule has 0 aliphatic rings. The highest BCUT2D eigenvalue weighted by atomic mass is 32.1. The molecule has 5 heteroatoms. The van der Waals surface area contributed by atoms with E-state index in [4.69, 9.17) is 9.53 Å². The van der Waals surface area contributed by atoms with Crippen LogP contribution in [0.3, 0.4) is 0 Å². The summed E-state index contributed by atoms with van der Waals surface area (Å²) in [5, 5.41) is 10.9. The van der Waals surface area contributed by atoms with Crippen molar-refractivity contribution >= 4 is 33.0 Å². The summed E-state index contributed by atoms with van der Waals surface area (Å²) in [6.07, 6.45) is 2.42. The SMILES string of the molecule is CCO[SiH2]CCCCC(=C=S)C(=O)O. The van der Waals surface area contributed by atoms with E-state index >= 15 is 0 Å². The number of carboxylic acid groups (broad SMARTS) is 1. The van der Waals surface area contributed by atoms with Crippen molar-refractivity contribution in [3.05, 3.63) is 5.57 Å². The molecule has 0 heterocycles.